The van der Waals surface area contributed by atoms with Gasteiger partial charge in [0.15, 0.2) is 4.90 Å². The van der Waals surface area contributed by atoms with E-state index in [1.165, 1.54) is 39.9 Å². The number of hydrogen-bond donors (Lipinski definition) is 0. The van der Waals surface area contributed by atoms with E-state index >= 15 is 0 Å². The van der Waals surface area contributed by atoms with Crippen molar-refractivity contribution in [2.75, 3.05) is 6.54 Å². The highest BCUT2D eigenvalue weighted by Crippen LogP contribution is 2.39. The Bertz CT molecular complexity index is 787. The van der Waals surface area contributed by atoms with Crippen molar-refractivity contribution >= 4 is 27.0 Å². The van der Waals surface area contributed by atoms with Crippen molar-refractivity contribution in [2.24, 2.45) is 0 Å². The van der Waals surface area contributed by atoms with E-state index in [1.54, 1.807) is 0 Å². The van der Waals surface area contributed by atoms with E-state index in [2.05, 4.69) is 0 Å². The molecule has 0 spiro atoms. The summed E-state index contributed by atoms with van der Waals surface area (Å²) >= 11 is 1.51. The summed E-state index contributed by atoms with van der Waals surface area (Å²) in [7, 11) is -3.89. The number of rotatable bonds is 4. The molecule has 1 aliphatic heterocycles. The zero-order chi connectivity index (χ0) is 15.7. The van der Waals surface area contributed by atoms with Gasteiger partial charge in [-0.3, -0.25) is 10.1 Å². The summed E-state index contributed by atoms with van der Waals surface area (Å²) < 4.78 is 27.2. The van der Waals surface area contributed by atoms with Crippen LogP contribution in [0.25, 0.3) is 0 Å². The zero-order valence-corrected chi connectivity index (χ0v) is 13.2. The molecule has 3 rings (SSSR count). The lowest BCUT2D eigenvalue weighted by Crippen LogP contribution is -2.30. The number of nitrogens with zero attached hydrogens (tertiary/aromatic N) is 2. The molecule has 1 aromatic carbocycles. The van der Waals surface area contributed by atoms with Crippen LogP contribution in [0, 0.1) is 10.1 Å². The highest BCUT2D eigenvalue weighted by molar-refractivity contribution is 7.89. The summed E-state index contributed by atoms with van der Waals surface area (Å²) in [6.07, 6.45) is 1.49. The summed E-state index contributed by atoms with van der Waals surface area (Å²) in [5.74, 6) is 0. The van der Waals surface area contributed by atoms with E-state index in [-0.39, 0.29) is 16.6 Å². The zero-order valence-electron chi connectivity index (χ0n) is 11.6. The van der Waals surface area contributed by atoms with Crippen LogP contribution in [0.3, 0.4) is 0 Å². The molecule has 0 aliphatic carbocycles. The Hall–Kier alpha value is -1.77. The van der Waals surface area contributed by atoms with Crippen molar-refractivity contribution in [2.45, 2.75) is 23.8 Å². The van der Waals surface area contributed by atoms with Crippen molar-refractivity contribution in [1.82, 2.24) is 4.31 Å². The van der Waals surface area contributed by atoms with E-state index in [0.29, 0.717) is 6.54 Å². The topological polar surface area (TPSA) is 80.5 Å². The van der Waals surface area contributed by atoms with Crippen LogP contribution in [0.2, 0.25) is 0 Å². The predicted molar refractivity (Wildman–Crippen MR) is 83.3 cm³/mol. The summed E-state index contributed by atoms with van der Waals surface area (Å²) in [6, 6.07) is 9.06. The molecular weight excluding hydrogens is 324 g/mol. The number of hydrogen-bond acceptors (Lipinski definition) is 5. The van der Waals surface area contributed by atoms with Crippen LogP contribution < -0.4 is 0 Å². The molecule has 0 bridgehead atoms. The average Bonchev–Trinajstić information content (AvgIpc) is 3.18. The predicted octanol–water partition coefficient (Wildman–Crippen LogP) is 3.18. The minimum Gasteiger partial charge on any atom is -0.258 e. The van der Waals surface area contributed by atoms with Gasteiger partial charge in [-0.1, -0.05) is 18.2 Å². The molecule has 6 nitrogen and oxygen atoms in total. The van der Waals surface area contributed by atoms with Gasteiger partial charge in [-0.05, 0) is 30.4 Å². The van der Waals surface area contributed by atoms with Gasteiger partial charge in [-0.15, -0.1) is 11.3 Å². The third-order valence-corrected chi connectivity index (χ3v) is 6.65. The van der Waals surface area contributed by atoms with Crippen LogP contribution >= 0.6 is 11.3 Å². The average molecular weight is 338 g/mol. The molecule has 0 N–H and O–H groups in total. The SMILES string of the molecule is O=[N+]([O-])c1ccccc1S(=O)(=O)N1CCC[C@@H]1c1cccs1. The molecule has 0 amide bonds. The monoisotopic (exact) mass is 338 g/mol. The lowest BCUT2D eigenvalue weighted by atomic mass is 10.2. The first kappa shape index (κ1) is 15.1. The summed E-state index contributed by atoms with van der Waals surface area (Å²) in [5, 5.41) is 13.0. The second kappa shape index (κ2) is 5.79. The maximum atomic E-state index is 12.9. The quantitative estimate of drug-likeness (QED) is 0.633. The Labute approximate surface area is 132 Å². The maximum Gasteiger partial charge on any atom is 0.289 e. The summed E-state index contributed by atoms with van der Waals surface area (Å²) in [5.41, 5.74) is -0.376. The number of para-hydroxylation sites is 1. The number of benzene rings is 1. The fourth-order valence-corrected chi connectivity index (χ4v) is 5.52. The second-order valence-corrected chi connectivity index (χ2v) is 7.85. The first-order valence-corrected chi connectivity index (χ1v) is 9.12. The lowest BCUT2D eigenvalue weighted by Gasteiger charge is -2.23. The van der Waals surface area contributed by atoms with Gasteiger partial charge in [0.1, 0.15) is 0 Å². The van der Waals surface area contributed by atoms with E-state index in [0.717, 1.165) is 17.7 Å². The molecule has 0 saturated carbocycles. The first-order chi connectivity index (χ1) is 10.5. The van der Waals surface area contributed by atoms with Gasteiger partial charge in [0.25, 0.3) is 5.69 Å². The van der Waals surface area contributed by atoms with Gasteiger partial charge < -0.3 is 0 Å². The van der Waals surface area contributed by atoms with Gasteiger partial charge in [0.2, 0.25) is 10.0 Å². The van der Waals surface area contributed by atoms with Crippen LogP contribution in [0.1, 0.15) is 23.8 Å². The lowest BCUT2D eigenvalue weighted by molar-refractivity contribution is -0.387. The Morgan fingerprint density at radius 1 is 1.23 bits per heavy atom. The molecule has 0 unspecified atom stereocenters. The molecule has 1 aromatic heterocycles. The van der Waals surface area contributed by atoms with Gasteiger partial charge in [-0.25, -0.2) is 8.42 Å². The summed E-state index contributed by atoms with van der Waals surface area (Å²) in [6.45, 7) is 0.386. The molecule has 1 atom stereocenters. The Morgan fingerprint density at radius 3 is 2.68 bits per heavy atom. The van der Waals surface area contributed by atoms with Crippen LogP contribution in [-0.2, 0) is 10.0 Å². The standard InChI is InChI=1S/C14H14N2O4S2/c17-16(18)12-5-1-2-8-14(12)22(19,20)15-9-3-6-11(15)13-7-4-10-21-13/h1-2,4-5,7-8,10-11H,3,6,9H2/t11-/m1/s1. The van der Waals surface area contributed by atoms with Gasteiger partial charge in [0, 0.05) is 17.5 Å². The largest absolute Gasteiger partial charge is 0.289 e. The molecule has 0 radical (unpaired) electrons. The number of thiophene rings is 1. The minimum absolute atomic E-state index is 0.232. The van der Waals surface area contributed by atoms with Gasteiger partial charge >= 0.3 is 0 Å². The first-order valence-electron chi connectivity index (χ1n) is 6.80. The molecule has 2 heterocycles. The molecule has 1 saturated heterocycles. The molecule has 1 aliphatic rings. The Balaban J connectivity index is 2.05. The van der Waals surface area contributed by atoms with Crippen LogP contribution in [0.5, 0.6) is 0 Å². The fourth-order valence-electron chi connectivity index (χ4n) is 2.75. The number of nitro groups is 1. The van der Waals surface area contributed by atoms with Gasteiger partial charge in [-0.2, -0.15) is 4.31 Å². The minimum atomic E-state index is -3.89. The second-order valence-electron chi connectivity index (χ2n) is 5.01. The van der Waals surface area contributed by atoms with Crippen molar-refractivity contribution < 1.29 is 13.3 Å². The molecule has 1 fully saturated rings. The fraction of sp³-hybridized carbons (Fsp3) is 0.286. The van der Waals surface area contributed by atoms with Gasteiger partial charge in [0.05, 0.1) is 11.0 Å². The van der Waals surface area contributed by atoms with E-state index < -0.39 is 14.9 Å². The van der Waals surface area contributed by atoms with E-state index in [9.17, 15) is 18.5 Å². The molecule has 116 valence electrons. The van der Waals surface area contributed by atoms with Crippen molar-refractivity contribution in [3.05, 3.63) is 56.8 Å². The highest BCUT2D eigenvalue weighted by atomic mass is 32.2. The Kier molecular flexibility index (Phi) is 3.98. The number of sulfonamides is 1. The molecular formula is C14H14N2O4S2. The van der Waals surface area contributed by atoms with E-state index in [4.69, 9.17) is 0 Å². The van der Waals surface area contributed by atoms with Crippen molar-refractivity contribution in [3.8, 4) is 0 Å². The van der Waals surface area contributed by atoms with Crippen molar-refractivity contribution in [3.63, 3.8) is 0 Å². The molecule has 2 aromatic rings. The molecule has 22 heavy (non-hydrogen) atoms. The smallest absolute Gasteiger partial charge is 0.258 e. The van der Waals surface area contributed by atoms with E-state index in [1.807, 2.05) is 17.5 Å². The maximum absolute atomic E-state index is 12.9. The third-order valence-electron chi connectivity index (χ3n) is 3.72. The number of nitro benzene ring substituents is 1. The normalized spacial score (nSPS) is 19.4. The Morgan fingerprint density at radius 2 is 2.00 bits per heavy atom. The molecule has 8 heteroatoms. The highest BCUT2D eigenvalue weighted by Gasteiger charge is 2.39. The summed E-state index contributed by atoms with van der Waals surface area (Å²) in [4.78, 5) is 11.2. The van der Waals surface area contributed by atoms with Crippen LogP contribution in [-0.4, -0.2) is 24.2 Å². The third kappa shape index (κ3) is 2.53. The van der Waals surface area contributed by atoms with Crippen LogP contribution in [0.4, 0.5) is 5.69 Å². The van der Waals surface area contributed by atoms with Crippen molar-refractivity contribution in [1.29, 1.82) is 0 Å². The van der Waals surface area contributed by atoms with Crippen LogP contribution in [0.15, 0.2) is 46.7 Å².